The van der Waals surface area contributed by atoms with Crippen LogP contribution in [0.15, 0.2) is 12.4 Å². The summed E-state index contributed by atoms with van der Waals surface area (Å²) in [5, 5.41) is 0. The van der Waals surface area contributed by atoms with Crippen molar-refractivity contribution < 1.29 is 9.59 Å². The molecule has 1 fully saturated rings. The van der Waals surface area contributed by atoms with Crippen molar-refractivity contribution in [3.63, 3.8) is 0 Å². The van der Waals surface area contributed by atoms with Crippen molar-refractivity contribution in [1.82, 2.24) is 14.8 Å². The van der Waals surface area contributed by atoms with Crippen LogP contribution < -0.4 is 5.73 Å². The molecule has 21 heavy (non-hydrogen) atoms. The number of fused-ring (bicyclic) bond motifs is 1. The highest BCUT2D eigenvalue weighted by molar-refractivity contribution is 5.96. The summed E-state index contributed by atoms with van der Waals surface area (Å²) in [5.74, 6) is 0.0754. The maximum atomic E-state index is 12.6. The van der Waals surface area contributed by atoms with Gasteiger partial charge in [0.25, 0.3) is 5.91 Å². The van der Waals surface area contributed by atoms with Crippen LogP contribution in [0.25, 0.3) is 0 Å². The number of nitrogens with zero attached hydrogens (tertiary/aromatic N) is 3. The maximum Gasteiger partial charge on any atom is 0.255 e. The van der Waals surface area contributed by atoms with Gasteiger partial charge in [-0.3, -0.25) is 14.6 Å². The molecular formula is C15H20N4O2. The number of hydrogen-bond acceptors (Lipinski definition) is 4. The summed E-state index contributed by atoms with van der Waals surface area (Å²) in [6.07, 6.45) is 4.97. The number of carbonyl (C=O) groups is 2. The zero-order valence-corrected chi connectivity index (χ0v) is 12.2. The van der Waals surface area contributed by atoms with Gasteiger partial charge in [0, 0.05) is 51.5 Å². The van der Waals surface area contributed by atoms with Crippen LogP contribution in [0.2, 0.25) is 0 Å². The molecule has 3 rings (SSSR count). The molecule has 1 aromatic rings. The lowest BCUT2D eigenvalue weighted by Gasteiger charge is -2.29. The lowest BCUT2D eigenvalue weighted by molar-refractivity contribution is -0.129. The third-order valence-electron chi connectivity index (χ3n) is 4.33. The fourth-order valence-electron chi connectivity index (χ4n) is 3.09. The van der Waals surface area contributed by atoms with Crippen LogP contribution in [0.1, 0.15) is 34.8 Å². The first-order chi connectivity index (χ1) is 10.1. The number of amides is 2. The minimum absolute atomic E-state index is 0.0172. The van der Waals surface area contributed by atoms with E-state index in [1.165, 1.54) is 0 Å². The molecule has 2 N–H and O–H groups in total. The van der Waals surface area contributed by atoms with Crippen molar-refractivity contribution in [2.24, 2.45) is 5.73 Å². The van der Waals surface area contributed by atoms with Gasteiger partial charge in [-0.2, -0.15) is 0 Å². The Bertz CT molecular complexity index is 587. The normalized spacial score (nSPS) is 21.3. The van der Waals surface area contributed by atoms with E-state index in [1.54, 1.807) is 29.1 Å². The Morgan fingerprint density at radius 1 is 1.29 bits per heavy atom. The van der Waals surface area contributed by atoms with Gasteiger partial charge in [-0.1, -0.05) is 0 Å². The standard InChI is InChI=1S/C15H20N4O2/c1-10(20)18-5-3-13-11(8-18)6-17-7-14(13)15(21)19-4-2-12(16)9-19/h6-7,12H,2-5,8-9,16H2,1H3. The number of likely N-dealkylation sites (tertiary alicyclic amines) is 1. The molecule has 1 atom stereocenters. The van der Waals surface area contributed by atoms with Crippen LogP contribution in [0.3, 0.4) is 0 Å². The first-order valence-electron chi connectivity index (χ1n) is 7.32. The SMILES string of the molecule is CC(=O)N1CCc2c(cncc2C(=O)N2CCC(N)C2)C1. The molecule has 0 bridgehead atoms. The van der Waals surface area contributed by atoms with Crippen molar-refractivity contribution in [3.8, 4) is 0 Å². The van der Waals surface area contributed by atoms with Gasteiger partial charge in [0.05, 0.1) is 5.56 Å². The van der Waals surface area contributed by atoms with Crippen LogP contribution in [0, 0.1) is 0 Å². The Morgan fingerprint density at radius 3 is 2.76 bits per heavy atom. The monoisotopic (exact) mass is 288 g/mol. The minimum atomic E-state index is 0.0172. The highest BCUT2D eigenvalue weighted by Gasteiger charge is 2.29. The molecule has 2 aliphatic heterocycles. The first kappa shape index (κ1) is 14.0. The summed E-state index contributed by atoms with van der Waals surface area (Å²) >= 11 is 0. The molecular weight excluding hydrogens is 268 g/mol. The molecule has 0 aromatic carbocycles. The molecule has 1 aromatic heterocycles. The van der Waals surface area contributed by atoms with Gasteiger partial charge >= 0.3 is 0 Å². The molecule has 0 radical (unpaired) electrons. The Kier molecular flexibility index (Phi) is 3.63. The molecule has 3 heterocycles. The van der Waals surface area contributed by atoms with E-state index in [0.29, 0.717) is 38.2 Å². The summed E-state index contributed by atoms with van der Waals surface area (Å²) in [4.78, 5) is 31.9. The van der Waals surface area contributed by atoms with Gasteiger partial charge in [0.15, 0.2) is 0 Å². The third kappa shape index (κ3) is 2.63. The predicted molar refractivity (Wildman–Crippen MR) is 77.5 cm³/mol. The summed E-state index contributed by atoms with van der Waals surface area (Å²) in [5.41, 5.74) is 8.56. The zero-order valence-electron chi connectivity index (χ0n) is 12.2. The predicted octanol–water partition coefficient (Wildman–Crippen LogP) is 0.159. The molecule has 2 aliphatic rings. The molecule has 6 heteroatoms. The van der Waals surface area contributed by atoms with Gasteiger partial charge in [-0.05, 0) is 24.0 Å². The number of nitrogens with two attached hydrogens (primary N) is 1. The smallest absolute Gasteiger partial charge is 0.255 e. The summed E-state index contributed by atoms with van der Waals surface area (Å²) in [7, 11) is 0. The fourth-order valence-corrected chi connectivity index (χ4v) is 3.09. The second-order valence-corrected chi connectivity index (χ2v) is 5.82. The van der Waals surface area contributed by atoms with Gasteiger partial charge in [-0.25, -0.2) is 0 Å². The number of hydrogen-bond donors (Lipinski definition) is 1. The van der Waals surface area contributed by atoms with Gasteiger partial charge in [-0.15, -0.1) is 0 Å². The Balaban J connectivity index is 1.86. The Hall–Kier alpha value is -1.95. The molecule has 2 amide bonds. The Morgan fingerprint density at radius 2 is 2.10 bits per heavy atom. The molecule has 0 aliphatic carbocycles. The molecule has 1 saturated heterocycles. The van der Waals surface area contributed by atoms with Crippen molar-refractivity contribution in [2.75, 3.05) is 19.6 Å². The zero-order chi connectivity index (χ0) is 15.0. The van der Waals surface area contributed by atoms with Crippen molar-refractivity contribution in [3.05, 3.63) is 29.1 Å². The number of rotatable bonds is 1. The molecule has 0 saturated carbocycles. The Labute approximate surface area is 123 Å². The number of pyridine rings is 1. The van der Waals surface area contributed by atoms with E-state index in [1.807, 2.05) is 0 Å². The average molecular weight is 288 g/mol. The molecule has 0 spiro atoms. The van der Waals surface area contributed by atoms with Crippen LogP contribution in [0.4, 0.5) is 0 Å². The topological polar surface area (TPSA) is 79.5 Å². The van der Waals surface area contributed by atoms with E-state index >= 15 is 0 Å². The quantitative estimate of drug-likeness (QED) is 0.798. The lowest BCUT2D eigenvalue weighted by Crippen LogP contribution is -2.37. The van der Waals surface area contributed by atoms with E-state index in [9.17, 15) is 9.59 Å². The minimum Gasteiger partial charge on any atom is -0.338 e. The van der Waals surface area contributed by atoms with E-state index in [4.69, 9.17) is 5.73 Å². The maximum absolute atomic E-state index is 12.6. The molecule has 6 nitrogen and oxygen atoms in total. The van der Waals surface area contributed by atoms with Gasteiger partial charge < -0.3 is 15.5 Å². The second kappa shape index (κ2) is 5.44. The lowest BCUT2D eigenvalue weighted by atomic mass is 9.96. The van der Waals surface area contributed by atoms with E-state index in [0.717, 1.165) is 17.5 Å². The summed E-state index contributed by atoms with van der Waals surface area (Å²) in [6.45, 7) is 4.09. The van der Waals surface area contributed by atoms with E-state index < -0.39 is 0 Å². The van der Waals surface area contributed by atoms with Crippen LogP contribution in [-0.2, 0) is 17.8 Å². The van der Waals surface area contributed by atoms with Gasteiger partial charge in [0.1, 0.15) is 0 Å². The van der Waals surface area contributed by atoms with Crippen LogP contribution in [-0.4, -0.2) is 52.3 Å². The fraction of sp³-hybridized carbons (Fsp3) is 0.533. The highest BCUT2D eigenvalue weighted by atomic mass is 16.2. The van der Waals surface area contributed by atoms with Crippen LogP contribution >= 0.6 is 0 Å². The highest BCUT2D eigenvalue weighted by Crippen LogP contribution is 2.23. The molecule has 112 valence electrons. The second-order valence-electron chi connectivity index (χ2n) is 5.82. The third-order valence-corrected chi connectivity index (χ3v) is 4.33. The van der Waals surface area contributed by atoms with E-state index in [2.05, 4.69) is 4.98 Å². The van der Waals surface area contributed by atoms with E-state index in [-0.39, 0.29) is 17.9 Å². The summed E-state index contributed by atoms with van der Waals surface area (Å²) < 4.78 is 0. The number of aromatic nitrogens is 1. The van der Waals surface area contributed by atoms with Gasteiger partial charge in [0.2, 0.25) is 5.91 Å². The summed E-state index contributed by atoms with van der Waals surface area (Å²) in [6, 6.07) is 0.0784. The largest absolute Gasteiger partial charge is 0.338 e. The molecule has 1 unspecified atom stereocenters. The average Bonchev–Trinajstić information content (AvgIpc) is 2.91. The van der Waals surface area contributed by atoms with Crippen molar-refractivity contribution >= 4 is 11.8 Å². The number of carbonyl (C=O) groups excluding carboxylic acids is 2. The first-order valence-corrected chi connectivity index (χ1v) is 7.32. The van der Waals surface area contributed by atoms with Crippen molar-refractivity contribution in [2.45, 2.75) is 32.4 Å². The van der Waals surface area contributed by atoms with Crippen molar-refractivity contribution in [1.29, 1.82) is 0 Å². The van der Waals surface area contributed by atoms with Crippen LogP contribution in [0.5, 0.6) is 0 Å².